The van der Waals surface area contributed by atoms with Gasteiger partial charge in [-0.1, -0.05) is 30.3 Å². The molecular weight excluding hydrogens is 266 g/mol. The second-order valence-corrected chi connectivity index (χ2v) is 4.81. The lowest BCUT2D eigenvalue weighted by Gasteiger charge is -2.19. The SMILES string of the molecule is CCN(CC)C(=O)CCNC(=O)C(CN)c1ccccc1. The molecule has 1 rings (SSSR count). The number of hydrogen-bond donors (Lipinski definition) is 2. The molecule has 1 aromatic carbocycles. The third-order valence-corrected chi connectivity index (χ3v) is 3.51. The highest BCUT2D eigenvalue weighted by atomic mass is 16.2. The molecule has 0 aliphatic carbocycles. The third-order valence-electron chi connectivity index (χ3n) is 3.51. The molecule has 0 aliphatic heterocycles. The van der Waals surface area contributed by atoms with Crippen LogP contribution >= 0.6 is 0 Å². The van der Waals surface area contributed by atoms with Crippen LogP contribution in [0.3, 0.4) is 0 Å². The smallest absolute Gasteiger partial charge is 0.228 e. The van der Waals surface area contributed by atoms with E-state index >= 15 is 0 Å². The van der Waals surface area contributed by atoms with Gasteiger partial charge in [0.25, 0.3) is 0 Å². The van der Waals surface area contributed by atoms with Gasteiger partial charge < -0.3 is 16.0 Å². The topological polar surface area (TPSA) is 75.4 Å². The molecule has 3 N–H and O–H groups in total. The number of carbonyl (C=O) groups is 2. The average Bonchev–Trinajstić information content (AvgIpc) is 2.50. The van der Waals surface area contributed by atoms with Crippen molar-refractivity contribution in [3.8, 4) is 0 Å². The Kier molecular flexibility index (Phi) is 7.46. The number of amides is 2. The number of nitrogens with one attached hydrogen (secondary N) is 1. The predicted octanol–water partition coefficient (Wildman–Crippen LogP) is 1.10. The van der Waals surface area contributed by atoms with Crippen LogP contribution in [0.4, 0.5) is 0 Å². The highest BCUT2D eigenvalue weighted by molar-refractivity contribution is 5.84. The van der Waals surface area contributed by atoms with Crippen LogP contribution in [0.5, 0.6) is 0 Å². The summed E-state index contributed by atoms with van der Waals surface area (Å²) in [6, 6.07) is 9.44. The van der Waals surface area contributed by atoms with Crippen molar-refractivity contribution < 1.29 is 9.59 Å². The minimum Gasteiger partial charge on any atom is -0.355 e. The molecule has 116 valence electrons. The predicted molar refractivity (Wildman–Crippen MR) is 83.8 cm³/mol. The fourth-order valence-corrected chi connectivity index (χ4v) is 2.23. The zero-order valence-electron chi connectivity index (χ0n) is 12.8. The van der Waals surface area contributed by atoms with Crippen LogP contribution in [-0.2, 0) is 9.59 Å². The van der Waals surface area contributed by atoms with Crippen LogP contribution in [-0.4, -0.2) is 42.9 Å². The first-order valence-electron chi connectivity index (χ1n) is 7.44. The monoisotopic (exact) mass is 291 g/mol. The largest absolute Gasteiger partial charge is 0.355 e. The van der Waals surface area contributed by atoms with E-state index in [1.807, 2.05) is 44.2 Å². The summed E-state index contributed by atoms with van der Waals surface area (Å²) in [5, 5.41) is 2.80. The maximum atomic E-state index is 12.1. The highest BCUT2D eigenvalue weighted by Gasteiger charge is 2.18. The molecule has 5 nitrogen and oxygen atoms in total. The van der Waals surface area contributed by atoms with E-state index in [0.717, 1.165) is 5.56 Å². The molecule has 5 heteroatoms. The fraction of sp³-hybridized carbons (Fsp3) is 0.500. The molecule has 0 saturated carbocycles. The molecule has 0 bridgehead atoms. The van der Waals surface area contributed by atoms with Crippen LogP contribution in [0.25, 0.3) is 0 Å². The van der Waals surface area contributed by atoms with Crippen molar-refractivity contribution in [2.45, 2.75) is 26.2 Å². The first-order chi connectivity index (χ1) is 10.1. The molecule has 1 atom stereocenters. The lowest BCUT2D eigenvalue weighted by atomic mass is 9.98. The van der Waals surface area contributed by atoms with Gasteiger partial charge in [0.05, 0.1) is 5.92 Å². The second kappa shape index (κ2) is 9.13. The Labute approximate surface area is 126 Å². The highest BCUT2D eigenvalue weighted by Crippen LogP contribution is 2.13. The number of rotatable bonds is 8. The molecule has 0 heterocycles. The first-order valence-corrected chi connectivity index (χ1v) is 7.44. The number of hydrogen-bond acceptors (Lipinski definition) is 3. The quantitative estimate of drug-likeness (QED) is 0.753. The van der Waals surface area contributed by atoms with E-state index in [1.165, 1.54) is 0 Å². The van der Waals surface area contributed by atoms with Crippen LogP contribution in [0.1, 0.15) is 31.7 Å². The van der Waals surface area contributed by atoms with E-state index in [1.54, 1.807) is 4.90 Å². The lowest BCUT2D eigenvalue weighted by molar-refractivity contribution is -0.130. The van der Waals surface area contributed by atoms with Gasteiger partial charge in [0, 0.05) is 32.6 Å². The van der Waals surface area contributed by atoms with E-state index in [9.17, 15) is 9.59 Å². The summed E-state index contributed by atoms with van der Waals surface area (Å²) in [5.41, 5.74) is 6.59. The van der Waals surface area contributed by atoms with Crippen LogP contribution in [0, 0.1) is 0 Å². The zero-order valence-corrected chi connectivity index (χ0v) is 12.8. The minimum atomic E-state index is -0.366. The molecule has 0 saturated heterocycles. The molecule has 0 fully saturated rings. The molecule has 0 aliphatic rings. The maximum Gasteiger partial charge on any atom is 0.228 e. The summed E-state index contributed by atoms with van der Waals surface area (Å²) in [7, 11) is 0. The number of nitrogens with two attached hydrogens (primary N) is 1. The van der Waals surface area contributed by atoms with Crippen LogP contribution in [0.2, 0.25) is 0 Å². The van der Waals surface area contributed by atoms with Crippen molar-refractivity contribution in [2.24, 2.45) is 5.73 Å². The Morgan fingerprint density at radius 1 is 1.19 bits per heavy atom. The average molecular weight is 291 g/mol. The summed E-state index contributed by atoms with van der Waals surface area (Å²) in [6.45, 7) is 5.87. The van der Waals surface area contributed by atoms with Gasteiger partial charge in [-0.25, -0.2) is 0 Å². The molecule has 0 spiro atoms. The Balaban J connectivity index is 2.47. The fourth-order valence-electron chi connectivity index (χ4n) is 2.23. The Morgan fingerprint density at radius 3 is 2.33 bits per heavy atom. The zero-order chi connectivity index (χ0) is 15.7. The van der Waals surface area contributed by atoms with Crippen LogP contribution < -0.4 is 11.1 Å². The van der Waals surface area contributed by atoms with Gasteiger partial charge in [-0.05, 0) is 19.4 Å². The summed E-state index contributed by atoms with van der Waals surface area (Å²) in [5.74, 6) is -0.435. The van der Waals surface area contributed by atoms with Crippen molar-refractivity contribution in [3.05, 3.63) is 35.9 Å². The molecule has 21 heavy (non-hydrogen) atoms. The summed E-state index contributed by atoms with van der Waals surface area (Å²) < 4.78 is 0. The normalized spacial score (nSPS) is 11.8. The van der Waals surface area contributed by atoms with Gasteiger partial charge in [-0.3, -0.25) is 9.59 Å². The first kappa shape index (κ1) is 17.2. The van der Waals surface area contributed by atoms with Crippen molar-refractivity contribution in [3.63, 3.8) is 0 Å². The molecular formula is C16H25N3O2. The van der Waals surface area contributed by atoms with Crippen molar-refractivity contribution in [1.82, 2.24) is 10.2 Å². The molecule has 1 unspecified atom stereocenters. The van der Waals surface area contributed by atoms with Crippen molar-refractivity contribution >= 4 is 11.8 Å². The van der Waals surface area contributed by atoms with E-state index in [2.05, 4.69) is 5.32 Å². The lowest BCUT2D eigenvalue weighted by Crippen LogP contribution is -2.37. The molecule has 1 aromatic rings. The van der Waals surface area contributed by atoms with Gasteiger partial charge in [0.15, 0.2) is 0 Å². The third kappa shape index (κ3) is 5.19. The summed E-state index contributed by atoms with van der Waals surface area (Å²) in [6.07, 6.45) is 0.319. The summed E-state index contributed by atoms with van der Waals surface area (Å²) >= 11 is 0. The Morgan fingerprint density at radius 2 is 1.81 bits per heavy atom. The maximum absolute atomic E-state index is 12.1. The van der Waals surface area contributed by atoms with Gasteiger partial charge in [0.2, 0.25) is 11.8 Å². The van der Waals surface area contributed by atoms with E-state index in [0.29, 0.717) is 26.1 Å². The minimum absolute atomic E-state index is 0.0595. The van der Waals surface area contributed by atoms with Crippen molar-refractivity contribution in [1.29, 1.82) is 0 Å². The molecule has 0 radical (unpaired) electrons. The Hall–Kier alpha value is -1.88. The number of nitrogens with zero attached hydrogens (tertiary/aromatic N) is 1. The van der Waals surface area contributed by atoms with Gasteiger partial charge in [-0.2, -0.15) is 0 Å². The summed E-state index contributed by atoms with van der Waals surface area (Å²) in [4.78, 5) is 25.7. The standard InChI is InChI=1S/C16H25N3O2/c1-3-19(4-2)15(20)10-11-18-16(21)14(12-17)13-8-6-5-7-9-13/h5-9,14H,3-4,10-12,17H2,1-2H3,(H,18,21). The molecule has 2 amide bonds. The van der Waals surface area contributed by atoms with E-state index in [-0.39, 0.29) is 24.3 Å². The van der Waals surface area contributed by atoms with Gasteiger partial charge in [0.1, 0.15) is 0 Å². The van der Waals surface area contributed by atoms with Crippen molar-refractivity contribution in [2.75, 3.05) is 26.2 Å². The van der Waals surface area contributed by atoms with Gasteiger partial charge >= 0.3 is 0 Å². The van der Waals surface area contributed by atoms with E-state index in [4.69, 9.17) is 5.73 Å². The second-order valence-electron chi connectivity index (χ2n) is 4.81. The number of carbonyl (C=O) groups excluding carboxylic acids is 2. The van der Waals surface area contributed by atoms with Gasteiger partial charge in [-0.15, -0.1) is 0 Å². The Bertz CT molecular complexity index is 444. The van der Waals surface area contributed by atoms with E-state index < -0.39 is 0 Å². The van der Waals surface area contributed by atoms with Crippen LogP contribution in [0.15, 0.2) is 30.3 Å². The number of benzene rings is 1. The molecule has 0 aromatic heterocycles.